The van der Waals surface area contributed by atoms with Gasteiger partial charge < -0.3 is 15.7 Å². The van der Waals surface area contributed by atoms with Gasteiger partial charge in [0.15, 0.2) is 0 Å². The van der Waals surface area contributed by atoms with Crippen LogP contribution in [-0.4, -0.2) is 39.3 Å². The van der Waals surface area contributed by atoms with Gasteiger partial charge in [0, 0.05) is 19.0 Å². The monoisotopic (exact) mass is 243 g/mol. The third-order valence-electron chi connectivity index (χ3n) is 2.80. The van der Waals surface area contributed by atoms with Crippen LogP contribution in [0.5, 0.6) is 0 Å². The van der Waals surface area contributed by atoms with Crippen LogP contribution in [0.4, 0.5) is 11.9 Å². The van der Waals surface area contributed by atoms with E-state index in [0.717, 1.165) is 19.5 Å². The van der Waals surface area contributed by atoms with Crippen molar-refractivity contribution in [2.45, 2.75) is 19.4 Å². The fourth-order valence-corrected chi connectivity index (χ4v) is 2.02. The summed E-state index contributed by atoms with van der Waals surface area (Å²) in [5, 5.41) is 9.60. The van der Waals surface area contributed by atoms with E-state index < -0.39 is 0 Å². The second kappa shape index (κ2) is 4.39. The lowest BCUT2D eigenvalue weighted by Gasteiger charge is -2.17. The van der Waals surface area contributed by atoms with Crippen molar-refractivity contribution in [3.05, 3.63) is 5.28 Å². The van der Waals surface area contributed by atoms with Gasteiger partial charge in [-0.15, -0.1) is 0 Å². The lowest BCUT2D eigenvalue weighted by Crippen LogP contribution is -2.25. The molecule has 2 unspecified atom stereocenters. The second-order valence-corrected chi connectivity index (χ2v) is 4.34. The molecular formula is C9H14ClN5O. The van der Waals surface area contributed by atoms with Gasteiger partial charge in [-0.05, 0) is 24.9 Å². The van der Waals surface area contributed by atoms with E-state index in [4.69, 9.17) is 17.3 Å². The maximum absolute atomic E-state index is 9.50. The van der Waals surface area contributed by atoms with Gasteiger partial charge in [0.25, 0.3) is 0 Å². The molecule has 0 aromatic carbocycles. The summed E-state index contributed by atoms with van der Waals surface area (Å²) in [7, 11) is 0. The highest BCUT2D eigenvalue weighted by Gasteiger charge is 2.27. The Bertz CT molecular complexity index is 366. The number of rotatable bonds is 2. The Morgan fingerprint density at radius 1 is 1.50 bits per heavy atom. The lowest BCUT2D eigenvalue weighted by molar-refractivity contribution is 0.136. The van der Waals surface area contributed by atoms with Gasteiger partial charge in [0.2, 0.25) is 17.2 Å². The Morgan fingerprint density at radius 3 is 2.81 bits per heavy atom. The molecule has 6 nitrogen and oxygen atoms in total. The van der Waals surface area contributed by atoms with Gasteiger partial charge in [0.05, 0.1) is 6.10 Å². The van der Waals surface area contributed by atoms with E-state index in [9.17, 15) is 5.11 Å². The molecule has 16 heavy (non-hydrogen) atoms. The van der Waals surface area contributed by atoms with Gasteiger partial charge >= 0.3 is 0 Å². The zero-order chi connectivity index (χ0) is 11.7. The minimum absolute atomic E-state index is 0.1000. The molecular weight excluding hydrogens is 230 g/mol. The Balaban J connectivity index is 2.14. The summed E-state index contributed by atoms with van der Waals surface area (Å²) in [6.45, 7) is 3.32. The number of halogens is 1. The van der Waals surface area contributed by atoms with Crippen molar-refractivity contribution in [1.29, 1.82) is 0 Å². The van der Waals surface area contributed by atoms with Crippen molar-refractivity contribution >= 4 is 23.5 Å². The number of aliphatic hydroxyl groups is 1. The summed E-state index contributed by atoms with van der Waals surface area (Å²) in [4.78, 5) is 13.7. The molecule has 1 aliphatic heterocycles. The SMILES string of the molecule is CC(O)C1CCN(c2nc(N)nc(Cl)n2)C1. The highest BCUT2D eigenvalue weighted by molar-refractivity contribution is 6.28. The van der Waals surface area contributed by atoms with Crippen molar-refractivity contribution in [3.8, 4) is 0 Å². The predicted molar refractivity (Wildman–Crippen MR) is 61.3 cm³/mol. The highest BCUT2D eigenvalue weighted by atomic mass is 35.5. The predicted octanol–water partition coefficient (Wildman–Crippen LogP) is 0.314. The van der Waals surface area contributed by atoms with Crippen molar-refractivity contribution in [3.63, 3.8) is 0 Å². The Morgan fingerprint density at radius 2 is 2.25 bits per heavy atom. The molecule has 2 rings (SSSR count). The first-order valence-corrected chi connectivity index (χ1v) is 5.54. The number of hydrogen-bond donors (Lipinski definition) is 2. The summed E-state index contributed by atoms with van der Waals surface area (Å²) in [5.74, 6) is 0.855. The maximum Gasteiger partial charge on any atom is 0.231 e. The first kappa shape index (κ1) is 11.3. The standard InChI is InChI=1S/C9H14ClN5O/c1-5(16)6-2-3-15(4-6)9-13-7(10)12-8(11)14-9/h5-6,16H,2-4H2,1H3,(H2,11,12,13,14). The van der Waals surface area contributed by atoms with E-state index in [1.807, 2.05) is 4.90 Å². The molecule has 3 N–H and O–H groups in total. The number of nitrogens with zero attached hydrogens (tertiary/aromatic N) is 4. The minimum Gasteiger partial charge on any atom is -0.393 e. The van der Waals surface area contributed by atoms with Gasteiger partial charge in [-0.3, -0.25) is 0 Å². The summed E-state index contributed by atoms with van der Waals surface area (Å²) in [5.41, 5.74) is 5.50. The number of aliphatic hydroxyl groups excluding tert-OH is 1. The minimum atomic E-state index is -0.320. The van der Waals surface area contributed by atoms with Crippen LogP contribution in [0.3, 0.4) is 0 Å². The van der Waals surface area contributed by atoms with Crippen LogP contribution in [0.25, 0.3) is 0 Å². The molecule has 2 heterocycles. The van der Waals surface area contributed by atoms with E-state index in [2.05, 4.69) is 15.0 Å². The van der Waals surface area contributed by atoms with Crippen molar-refractivity contribution in [2.75, 3.05) is 23.7 Å². The molecule has 88 valence electrons. The molecule has 0 saturated carbocycles. The number of nitrogen functional groups attached to an aromatic ring is 1. The average Bonchev–Trinajstić information content (AvgIpc) is 2.64. The molecule has 1 saturated heterocycles. The normalized spacial score (nSPS) is 22.4. The fourth-order valence-electron chi connectivity index (χ4n) is 1.86. The van der Waals surface area contributed by atoms with Crippen molar-refractivity contribution in [1.82, 2.24) is 15.0 Å². The first-order chi connectivity index (χ1) is 7.56. The number of nitrogens with two attached hydrogens (primary N) is 1. The molecule has 0 bridgehead atoms. The molecule has 1 aromatic heterocycles. The van der Waals surface area contributed by atoms with Crippen LogP contribution in [0.15, 0.2) is 0 Å². The molecule has 0 amide bonds. The van der Waals surface area contributed by atoms with E-state index in [1.165, 1.54) is 0 Å². The average molecular weight is 244 g/mol. The first-order valence-electron chi connectivity index (χ1n) is 5.16. The summed E-state index contributed by atoms with van der Waals surface area (Å²) in [6.07, 6.45) is 0.598. The van der Waals surface area contributed by atoms with Crippen LogP contribution in [0.2, 0.25) is 5.28 Å². The maximum atomic E-state index is 9.50. The van der Waals surface area contributed by atoms with Crippen LogP contribution >= 0.6 is 11.6 Å². The van der Waals surface area contributed by atoms with E-state index in [0.29, 0.717) is 5.95 Å². The third kappa shape index (κ3) is 2.33. The van der Waals surface area contributed by atoms with Gasteiger partial charge in [-0.25, -0.2) is 0 Å². The fraction of sp³-hybridized carbons (Fsp3) is 0.667. The lowest BCUT2D eigenvalue weighted by atomic mass is 10.0. The van der Waals surface area contributed by atoms with Crippen LogP contribution in [0.1, 0.15) is 13.3 Å². The van der Waals surface area contributed by atoms with Crippen LogP contribution < -0.4 is 10.6 Å². The zero-order valence-electron chi connectivity index (χ0n) is 8.97. The quantitative estimate of drug-likeness (QED) is 0.778. The van der Waals surface area contributed by atoms with Gasteiger partial charge in [0.1, 0.15) is 0 Å². The molecule has 2 atom stereocenters. The van der Waals surface area contributed by atoms with Crippen molar-refractivity contribution in [2.24, 2.45) is 5.92 Å². The van der Waals surface area contributed by atoms with Gasteiger partial charge in [-0.1, -0.05) is 0 Å². The van der Waals surface area contributed by atoms with E-state index in [1.54, 1.807) is 6.92 Å². The summed E-state index contributed by atoms with van der Waals surface area (Å²) >= 11 is 5.71. The largest absolute Gasteiger partial charge is 0.393 e. The number of aromatic nitrogens is 3. The van der Waals surface area contributed by atoms with E-state index >= 15 is 0 Å². The molecule has 0 spiro atoms. The Labute approximate surface area is 98.5 Å². The molecule has 1 aliphatic rings. The smallest absolute Gasteiger partial charge is 0.231 e. The zero-order valence-corrected chi connectivity index (χ0v) is 9.72. The van der Waals surface area contributed by atoms with Crippen LogP contribution in [0, 0.1) is 5.92 Å². The molecule has 1 aromatic rings. The summed E-state index contributed by atoms with van der Waals surface area (Å²) in [6, 6.07) is 0. The Kier molecular flexibility index (Phi) is 3.11. The molecule has 0 radical (unpaired) electrons. The number of anilines is 2. The molecule has 0 aliphatic carbocycles. The second-order valence-electron chi connectivity index (χ2n) is 4.00. The molecule has 1 fully saturated rings. The van der Waals surface area contributed by atoms with Crippen LogP contribution in [-0.2, 0) is 0 Å². The van der Waals surface area contributed by atoms with Gasteiger partial charge in [-0.2, -0.15) is 15.0 Å². The summed E-state index contributed by atoms with van der Waals surface area (Å²) < 4.78 is 0. The van der Waals surface area contributed by atoms with Crippen molar-refractivity contribution < 1.29 is 5.11 Å². The topological polar surface area (TPSA) is 88.2 Å². The Hall–Kier alpha value is -1.14. The number of hydrogen-bond acceptors (Lipinski definition) is 6. The van der Waals surface area contributed by atoms with E-state index in [-0.39, 0.29) is 23.3 Å². The third-order valence-corrected chi connectivity index (χ3v) is 2.97. The molecule has 7 heteroatoms. The highest BCUT2D eigenvalue weighted by Crippen LogP contribution is 2.23.